The van der Waals surface area contributed by atoms with Gasteiger partial charge >= 0.3 is 0 Å². The van der Waals surface area contributed by atoms with E-state index in [2.05, 4.69) is 26.1 Å². The number of benzene rings is 1. The van der Waals surface area contributed by atoms with E-state index in [9.17, 15) is 5.11 Å². The van der Waals surface area contributed by atoms with Crippen LogP contribution in [0, 0.1) is 0 Å². The van der Waals surface area contributed by atoms with Crippen LogP contribution in [0.25, 0.3) is 0 Å². The standard InChI is InChI=1S/C16H18N4O/c21-15-5-3-4-14(12-15)13-18-20-10-8-19(9-11-20)16-6-1-2-7-17-16/h1-7,12-13,21H,8-11H2/p+1/b18-13+. The van der Waals surface area contributed by atoms with Gasteiger partial charge in [0.2, 0.25) is 0 Å². The molecule has 0 radical (unpaired) electrons. The number of nitrogens with zero attached hydrogens (tertiary/aromatic N) is 3. The van der Waals surface area contributed by atoms with Crippen molar-refractivity contribution < 1.29 is 10.1 Å². The number of nitrogens with one attached hydrogen (secondary N) is 1. The molecule has 1 aromatic carbocycles. The van der Waals surface area contributed by atoms with Crippen molar-refractivity contribution in [1.82, 2.24) is 5.01 Å². The van der Waals surface area contributed by atoms with Crippen molar-refractivity contribution in [2.45, 2.75) is 0 Å². The summed E-state index contributed by atoms with van der Waals surface area (Å²) in [6.45, 7) is 3.66. The Hall–Kier alpha value is -2.56. The number of phenols is 1. The lowest BCUT2D eigenvalue weighted by atomic mass is 10.2. The third kappa shape index (κ3) is 3.51. The van der Waals surface area contributed by atoms with Crippen molar-refractivity contribution in [3.05, 3.63) is 54.2 Å². The topological polar surface area (TPSA) is 53.2 Å². The second-order valence-electron chi connectivity index (χ2n) is 5.03. The number of anilines is 1. The molecule has 2 aromatic rings. The van der Waals surface area contributed by atoms with E-state index in [1.807, 2.05) is 30.5 Å². The summed E-state index contributed by atoms with van der Waals surface area (Å²) in [5, 5.41) is 16.0. The van der Waals surface area contributed by atoms with Gasteiger partial charge in [-0.05, 0) is 23.8 Å². The number of H-pyrrole nitrogens is 1. The van der Waals surface area contributed by atoms with Gasteiger partial charge in [0.25, 0.3) is 5.82 Å². The van der Waals surface area contributed by atoms with Crippen LogP contribution in [0.4, 0.5) is 5.82 Å². The van der Waals surface area contributed by atoms with Crippen molar-refractivity contribution in [1.29, 1.82) is 0 Å². The first-order valence-electron chi connectivity index (χ1n) is 7.11. The highest BCUT2D eigenvalue weighted by atomic mass is 16.3. The fraction of sp³-hybridized carbons (Fsp3) is 0.250. The molecular formula is C16H19N4O+. The molecule has 0 spiro atoms. The molecule has 0 amide bonds. The van der Waals surface area contributed by atoms with E-state index >= 15 is 0 Å². The highest BCUT2D eigenvalue weighted by molar-refractivity contribution is 5.79. The van der Waals surface area contributed by atoms with Crippen molar-refractivity contribution in [3.8, 4) is 5.75 Å². The molecule has 1 saturated heterocycles. The first-order valence-corrected chi connectivity index (χ1v) is 7.11. The summed E-state index contributed by atoms with van der Waals surface area (Å²) in [5.41, 5.74) is 0.911. The molecule has 108 valence electrons. The molecule has 0 saturated carbocycles. The maximum Gasteiger partial charge on any atom is 0.274 e. The minimum Gasteiger partial charge on any atom is -0.508 e. The van der Waals surface area contributed by atoms with Crippen molar-refractivity contribution in [2.75, 3.05) is 31.1 Å². The van der Waals surface area contributed by atoms with Gasteiger partial charge in [-0.15, -0.1) is 0 Å². The van der Waals surface area contributed by atoms with Gasteiger partial charge < -0.3 is 5.11 Å². The van der Waals surface area contributed by atoms with Crippen LogP contribution < -0.4 is 9.88 Å². The van der Waals surface area contributed by atoms with Gasteiger partial charge in [0, 0.05) is 6.07 Å². The monoisotopic (exact) mass is 283 g/mol. The van der Waals surface area contributed by atoms with Gasteiger partial charge in [0.1, 0.15) is 18.8 Å². The molecule has 2 heterocycles. The van der Waals surface area contributed by atoms with E-state index in [0.717, 1.165) is 37.6 Å². The Kier molecular flexibility index (Phi) is 4.00. The summed E-state index contributed by atoms with van der Waals surface area (Å²) in [7, 11) is 0. The van der Waals surface area contributed by atoms with Gasteiger partial charge in [-0.25, -0.2) is 4.98 Å². The number of hydrogen-bond acceptors (Lipinski definition) is 4. The van der Waals surface area contributed by atoms with Crippen LogP contribution >= 0.6 is 0 Å². The van der Waals surface area contributed by atoms with Crippen molar-refractivity contribution in [3.63, 3.8) is 0 Å². The van der Waals surface area contributed by atoms with Gasteiger partial charge in [-0.3, -0.25) is 9.91 Å². The molecule has 5 nitrogen and oxygen atoms in total. The predicted octanol–water partition coefficient (Wildman–Crippen LogP) is 1.36. The zero-order chi connectivity index (χ0) is 14.5. The minimum absolute atomic E-state index is 0.267. The lowest BCUT2D eigenvalue weighted by Crippen LogP contribution is -2.45. The number of piperazine rings is 1. The van der Waals surface area contributed by atoms with Crippen LogP contribution in [0.3, 0.4) is 0 Å². The van der Waals surface area contributed by atoms with Crippen molar-refractivity contribution in [2.24, 2.45) is 5.10 Å². The van der Waals surface area contributed by atoms with Crippen LogP contribution in [-0.2, 0) is 0 Å². The van der Waals surface area contributed by atoms with Gasteiger partial charge in [0.15, 0.2) is 0 Å². The summed E-state index contributed by atoms with van der Waals surface area (Å²) in [6, 6.07) is 13.2. The molecule has 3 rings (SSSR count). The quantitative estimate of drug-likeness (QED) is 0.865. The largest absolute Gasteiger partial charge is 0.508 e. The Labute approximate surface area is 124 Å². The van der Waals surface area contributed by atoms with Crippen LogP contribution in [0.15, 0.2) is 53.8 Å². The normalized spacial score (nSPS) is 15.6. The van der Waals surface area contributed by atoms with E-state index < -0.39 is 0 Å². The lowest BCUT2D eigenvalue weighted by molar-refractivity contribution is -0.364. The smallest absolute Gasteiger partial charge is 0.274 e. The van der Waals surface area contributed by atoms with Crippen LogP contribution in [0.2, 0.25) is 0 Å². The molecule has 0 bridgehead atoms. The van der Waals surface area contributed by atoms with E-state index in [4.69, 9.17) is 0 Å². The summed E-state index contributed by atoms with van der Waals surface area (Å²) in [4.78, 5) is 5.58. The van der Waals surface area contributed by atoms with Crippen LogP contribution in [-0.4, -0.2) is 42.5 Å². The van der Waals surface area contributed by atoms with Gasteiger partial charge in [-0.1, -0.05) is 18.2 Å². The van der Waals surface area contributed by atoms with Crippen LogP contribution in [0.1, 0.15) is 5.56 Å². The molecule has 1 aliphatic rings. The predicted molar refractivity (Wildman–Crippen MR) is 82.5 cm³/mol. The number of aromatic hydroxyl groups is 1. The zero-order valence-corrected chi connectivity index (χ0v) is 11.8. The van der Waals surface area contributed by atoms with E-state index in [0.29, 0.717) is 0 Å². The third-order valence-electron chi connectivity index (χ3n) is 3.53. The summed E-state index contributed by atoms with van der Waals surface area (Å²) >= 11 is 0. The summed E-state index contributed by atoms with van der Waals surface area (Å²) in [6.07, 6.45) is 3.74. The average Bonchev–Trinajstić information content (AvgIpc) is 2.54. The zero-order valence-electron chi connectivity index (χ0n) is 11.8. The Bertz CT molecular complexity index is 607. The SMILES string of the molecule is Oc1cccc(/C=N/N2CCN(c3cccc[nH+]3)CC2)c1. The number of pyridine rings is 1. The Morgan fingerprint density at radius 1 is 1.05 bits per heavy atom. The Balaban J connectivity index is 1.56. The molecule has 1 aromatic heterocycles. The molecule has 5 heteroatoms. The summed E-state index contributed by atoms with van der Waals surface area (Å²) in [5.74, 6) is 1.41. The van der Waals surface area contributed by atoms with E-state index in [1.165, 1.54) is 0 Å². The van der Waals surface area contributed by atoms with E-state index in [-0.39, 0.29) is 5.75 Å². The van der Waals surface area contributed by atoms with Gasteiger partial charge in [0.05, 0.1) is 25.5 Å². The number of rotatable bonds is 3. The molecule has 1 aliphatic heterocycles. The number of phenolic OH excluding ortho intramolecular Hbond substituents is 1. The summed E-state index contributed by atoms with van der Waals surface area (Å²) < 4.78 is 0. The maximum absolute atomic E-state index is 9.43. The highest BCUT2D eigenvalue weighted by Crippen LogP contribution is 2.11. The first kappa shape index (κ1) is 13.4. The maximum atomic E-state index is 9.43. The Morgan fingerprint density at radius 2 is 1.90 bits per heavy atom. The number of hydrazone groups is 1. The number of hydrogen-bond donors (Lipinski definition) is 1. The van der Waals surface area contributed by atoms with E-state index in [1.54, 1.807) is 18.3 Å². The van der Waals surface area contributed by atoms with Crippen LogP contribution in [0.5, 0.6) is 5.75 Å². The molecular weight excluding hydrogens is 264 g/mol. The minimum atomic E-state index is 0.267. The second-order valence-corrected chi connectivity index (χ2v) is 5.03. The molecule has 1 fully saturated rings. The molecule has 2 N–H and O–H groups in total. The third-order valence-corrected chi connectivity index (χ3v) is 3.53. The fourth-order valence-electron chi connectivity index (χ4n) is 2.39. The molecule has 21 heavy (non-hydrogen) atoms. The number of aromatic amines is 1. The highest BCUT2D eigenvalue weighted by Gasteiger charge is 2.21. The first-order chi connectivity index (χ1) is 10.3. The van der Waals surface area contributed by atoms with Gasteiger partial charge in [-0.2, -0.15) is 5.10 Å². The number of aromatic nitrogens is 1. The average molecular weight is 283 g/mol. The molecule has 0 atom stereocenters. The van der Waals surface area contributed by atoms with Crippen molar-refractivity contribution >= 4 is 12.0 Å². The second kappa shape index (κ2) is 6.26. The molecule has 0 aliphatic carbocycles. The fourth-order valence-corrected chi connectivity index (χ4v) is 2.39. The molecule has 0 unspecified atom stereocenters. The lowest BCUT2D eigenvalue weighted by Gasteiger charge is -2.28. The Morgan fingerprint density at radius 3 is 2.62 bits per heavy atom.